The maximum atomic E-state index is 4.85. The average molecular weight is 477 g/mol. The number of guanidine groups is 1. The number of anilines is 1. The van der Waals surface area contributed by atoms with Crippen LogP contribution in [0.3, 0.4) is 0 Å². The van der Waals surface area contributed by atoms with Gasteiger partial charge in [0.15, 0.2) is 11.1 Å². The van der Waals surface area contributed by atoms with E-state index in [1.54, 1.807) is 11.3 Å². The van der Waals surface area contributed by atoms with Crippen LogP contribution in [0.4, 0.5) is 5.13 Å². The molecule has 0 bridgehead atoms. The smallest absolute Gasteiger partial charge is 0.193 e. The van der Waals surface area contributed by atoms with Gasteiger partial charge in [-0.05, 0) is 31.6 Å². The van der Waals surface area contributed by atoms with Gasteiger partial charge in [-0.1, -0.05) is 13.8 Å². The van der Waals surface area contributed by atoms with E-state index in [0.717, 1.165) is 38.6 Å². The molecule has 0 atom stereocenters. The molecule has 2 fully saturated rings. The normalized spacial score (nSPS) is 20.0. The average Bonchev–Trinajstić information content (AvgIpc) is 3.26. The number of hydrogen-bond donors (Lipinski definition) is 1. The van der Waals surface area contributed by atoms with Gasteiger partial charge in [-0.2, -0.15) is 0 Å². The molecule has 0 aliphatic carbocycles. The van der Waals surface area contributed by atoms with Crippen molar-refractivity contribution in [3.05, 3.63) is 11.1 Å². The topological polar surface area (TPSA) is 43.8 Å². The monoisotopic (exact) mass is 477 g/mol. The van der Waals surface area contributed by atoms with Gasteiger partial charge < -0.3 is 15.1 Å². The third-order valence-corrected chi connectivity index (χ3v) is 5.81. The van der Waals surface area contributed by atoms with Crippen LogP contribution in [0.25, 0.3) is 0 Å². The number of halogens is 1. The Morgan fingerprint density at radius 3 is 2.72 bits per heavy atom. The van der Waals surface area contributed by atoms with Crippen molar-refractivity contribution in [1.29, 1.82) is 0 Å². The maximum absolute atomic E-state index is 4.85. The lowest BCUT2D eigenvalue weighted by Crippen LogP contribution is -2.40. The number of thiazole rings is 1. The molecule has 1 N–H and O–H groups in total. The lowest BCUT2D eigenvalue weighted by atomic mass is 9.93. The third-order valence-electron chi connectivity index (χ3n) is 4.86. The first kappa shape index (κ1) is 20.7. The maximum Gasteiger partial charge on any atom is 0.193 e. The summed E-state index contributed by atoms with van der Waals surface area (Å²) >= 11 is 1.78. The molecule has 2 saturated heterocycles. The summed E-state index contributed by atoms with van der Waals surface area (Å²) in [5.41, 5.74) is 1.58. The van der Waals surface area contributed by atoms with E-state index in [4.69, 9.17) is 9.98 Å². The van der Waals surface area contributed by atoms with Gasteiger partial charge in [0, 0.05) is 51.1 Å². The second-order valence-corrected chi connectivity index (χ2v) is 8.47. The fraction of sp³-hybridized carbons (Fsp3) is 0.778. The quantitative estimate of drug-likeness (QED) is 0.400. The largest absolute Gasteiger partial charge is 0.357 e. The first-order valence-corrected chi connectivity index (χ1v) is 10.2. The minimum atomic E-state index is 0. The summed E-state index contributed by atoms with van der Waals surface area (Å²) in [5.74, 6) is 1.07. The van der Waals surface area contributed by atoms with Gasteiger partial charge in [0.05, 0.1) is 5.69 Å². The number of likely N-dealkylation sites (tertiary alicyclic amines) is 1. The minimum Gasteiger partial charge on any atom is -0.357 e. The van der Waals surface area contributed by atoms with Gasteiger partial charge in [0.1, 0.15) is 0 Å². The lowest BCUT2D eigenvalue weighted by Gasteiger charge is -2.23. The summed E-state index contributed by atoms with van der Waals surface area (Å²) < 4.78 is 0. The summed E-state index contributed by atoms with van der Waals surface area (Å²) in [5, 5.41) is 6.85. The van der Waals surface area contributed by atoms with Crippen LogP contribution in [0, 0.1) is 5.41 Å². The Hall–Kier alpha value is -0.570. The molecule has 0 unspecified atom stereocenters. The van der Waals surface area contributed by atoms with E-state index < -0.39 is 0 Å². The van der Waals surface area contributed by atoms with Crippen LogP contribution in [0.1, 0.15) is 45.7 Å². The van der Waals surface area contributed by atoms with E-state index in [1.165, 1.54) is 43.2 Å². The van der Waals surface area contributed by atoms with Crippen molar-refractivity contribution < 1.29 is 0 Å². The minimum absolute atomic E-state index is 0. The SMILES string of the molecule is CCNC(=NCCc1csc(N2CCCC2)n1)N1CCC(C)(C)C1.I. The van der Waals surface area contributed by atoms with Crippen LogP contribution < -0.4 is 10.2 Å². The zero-order chi connectivity index (χ0) is 17.0. The van der Waals surface area contributed by atoms with Gasteiger partial charge in [-0.15, -0.1) is 35.3 Å². The molecule has 0 spiro atoms. The van der Waals surface area contributed by atoms with E-state index in [2.05, 4.69) is 41.3 Å². The molecule has 2 aliphatic heterocycles. The van der Waals surface area contributed by atoms with Gasteiger partial charge in [0.25, 0.3) is 0 Å². The van der Waals surface area contributed by atoms with Crippen molar-refractivity contribution >= 4 is 46.4 Å². The molecule has 0 radical (unpaired) electrons. The first-order valence-electron chi connectivity index (χ1n) is 9.30. The summed E-state index contributed by atoms with van der Waals surface area (Å²) in [7, 11) is 0. The zero-order valence-electron chi connectivity index (χ0n) is 15.8. The molecular weight excluding hydrogens is 445 g/mol. The highest BCUT2D eigenvalue weighted by Crippen LogP contribution is 2.28. The standard InChI is InChI=1S/C18H31N5S.HI/c1-4-19-16(23-12-8-18(2,3)14-23)20-9-7-15-13-24-17(21-15)22-10-5-6-11-22;/h13H,4-12,14H2,1-3H3,(H,19,20);1H. The fourth-order valence-electron chi connectivity index (χ4n) is 3.46. The zero-order valence-corrected chi connectivity index (χ0v) is 18.9. The van der Waals surface area contributed by atoms with E-state index in [-0.39, 0.29) is 24.0 Å². The van der Waals surface area contributed by atoms with E-state index >= 15 is 0 Å². The molecule has 1 aromatic heterocycles. The predicted molar refractivity (Wildman–Crippen MR) is 119 cm³/mol. The summed E-state index contributed by atoms with van der Waals surface area (Å²) in [6.07, 6.45) is 4.77. The van der Waals surface area contributed by atoms with Crippen LogP contribution in [0.5, 0.6) is 0 Å². The summed E-state index contributed by atoms with van der Waals surface area (Å²) in [4.78, 5) is 14.5. The second kappa shape index (κ2) is 9.39. The Morgan fingerprint density at radius 2 is 2.08 bits per heavy atom. The number of aliphatic imine (C=N–C) groups is 1. The molecule has 0 aromatic carbocycles. The van der Waals surface area contributed by atoms with Crippen molar-refractivity contribution in [2.24, 2.45) is 10.4 Å². The van der Waals surface area contributed by atoms with Gasteiger partial charge in [0.2, 0.25) is 0 Å². The first-order chi connectivity index (χ1) is 11.6. The Morgan fingerprint density at radius 1 is 1.32 bits per heavy atom. The van der Waals surface area contributed by atoms with Crippen molar-refractivity contribution in [3.8, 4) is 0 Å². The Labute approximate surface area is 173 Å². The summed E-state index contributed by atoms with van der Waals surface area (Å²) in [6, 6.07) is 0. The molecule has 3 heterocycles. The highest BCUT2D eigenvalue weighted by atomic mass is 127. The van der Waals surface area contributed by atoms with Crippen LogP contribution in [0.15, 0.2) is 10.4 Å². The van der Waals surface area contributed by atoms with Crippen molar-refractivity contribution in [2.75, 3.05) is 44.2 Å². The molecule has 5 nitrogen and oxygen atoms in total. The van der Waals surface area contributed by atoms with Crippen molar-refractivity contribution in [3.63, 3.8) is 0 Å². The Balaban J connectivity index is 0.00000225. The van der Waals surface area contributed by atoms with Crippen molar-refractivity contribution in [2.45, 2.75) is 46.5 Å². The molecule has 1 aromatic rings. The molecule has 142 valence electrons. The molecule has 0 amide bonds. The number of hydrogen-bond acceptors (Lipinski definition) is 4. The predicted octanol–water partition coefficient (Wildman–Crippen LogP) is 3.60. The van der Waals surface area contributed by atoms with Crippen LogP contribution >= 0.6 is 35.3 Å². The Bertz CT molecular complexity index is 566. The van der Waals surface area contributed by atoms with E-state index in [9.17, 15) is 0 Å². The number of nitrogens with one attached hydrogen (secondary N) is 1. The lowest BCUT2D eigenvalue weighted by molar-refractivity contribution is 0.370. The molecule has 2 aliphatic rings. The second-order valence-electron chi connectivity index (χ2n) is 7.64. The van der Waals surface area contributed by atoms with Crippen LogP contribution in [0.2, 0.25) is 0 Å². The highest BCUT2D eigenvalue weighted by molar-refractivity contribution is 14.0. The van der Waals surface area contributed by atoms with Gasteiger partial charge in [-0.25, -0.2) is 4.98 Å². The van der Waals surface area contributed by atoms with E-state index in [0.29, 0.717) is 5.41 Å². The molecule has 25 heavy (non-hydrogen) atoms. The molecule has 3 rings (SSSR count). The molecule has 0 saturated carbocycles. The van der Waals surface area contributed by atoms with Crippen molar-refractivity contribution in [1.82, 2.24) is 15.2 Å². The number of rotatable bonds is 5. The fourth-order valence-corrected chi connectivity index (χ4v) is 4.37. The van der Waals surface area contributed by atoms with E-state index in [1.807, 2.05) is 0 Å². The van der Waals surface area contributed by atoms with Crippen LogP contribution in [-0.4, -0.2) is 55.1 Å². The van der Waals surface area contributed by atoms with Gasteiger partial charge >= 0.3 is 0 Å². The molecular formula is C18H32IN5S. The molecule has 7 heteroatoms. The number of nitrogens with zero attached hydrogens (tertiary/aromatic N) is 4. The number of aromatic nitrogens is 1. The summed E-state index contributed by atoms with van der Waals surface area (Å²) in [6.45, 7) is 13.1. The van der Waals surface area contributed by atoms with Crippen LogP contribution in [-0.2, 0) is 6.42 Å². The highest BCUT2D eigenvalue weighted by Gasteiger charge is 2.30. The Kier molecular flexibility index (Phi) is 7.79. The van der Waals surface area contributed by atoms with Gasteiger partial charge in [-0.3, -0.25) is 4.99 Å². The third kappa shape index (κ3) is 5.70.